The number of carbonyl (C=O) groups excluding carboxylic acids is 1. The summed E-state index contributed by atoms with van der Waals surface area (Å²) in [5.41, 5.74) is 2.40. The average Bonchev–Trinajstić information content (AvgIpc) is 3.27. The van der Waals surface area contributed by atoms with Crippen LogP contribution in [0.25, 0.3) is 22.2 Å². The molecule has 148 valence electrons. The summed E-state index contributed by atoms with van der Waals surface area (Å²) in [7, 11) is 0. The van der Waals surface area contributed by atoms with Gasteiger partial charge in [-0.05, 0) is 73.5 Å². The van der Waals surface area contributed by atoms with E-state index in [4.69, 9.17) is 25.4 Å². The molecule has 29 heavy (non-hydrogen) atoms. The first-order chi connectivity index (χ1) is 13.9. The van der Waals surface area contributed by atoms with Crippen LogP contribution in [0.4, 0.5) is 5.82 Å². The average molecular weight is 412 g/mol. The normalized spacial score (nSPS) is 11.2. The second kappa shape index (κ2) is 7.60. The number of furan rings is 1. The molecule has 2 aromatic heterocycles. The number of benzene rings is 2. The molecular weight excluding hydrogens is 394 g/mol. The number of nitrogens with zero attached hydrogens (tertiary/aromatic N) is 2. The number of halogens is 1. The molecule has 0 spiro atoms. The highest BCUT2D eigenvalue weighted by molar-refractivity contribution is 6.31. The van der Waals surface area contributed by atoms with Crippen LogP contribution in [0, 0.1) is 6.92 Å². The molecule has 0 aliphatic carbocycles. The molecule has 2 heterocycles. The first kappa shape index (κ1) is 19.0. The fraction of sp³-hybridized carbons (Fsp3) is 0.190. The van der Waals surface area contributed by atoms with E-state index in [2.05, 4.69) is 15.6 Å². The van der Waals surface area contributed by atoms with Crippen LogP contribution in [0.15, 0.2) is 51.5 Å². The lowest BCUT2D eigenvalue weighted by atomic mass is 10.1. The number of anilines is 1. The standard InChI is InChI=1S/C21H18ClN3O4/c1-11(2)27-15-7-4-13(5-8-15)18-20(25-29-24-18)23-21(26)19-12(3)16-10-14(22)6-9-17(16)28-19/h4-11H,1-3H3,(H,23,25,26). The van der Waals surface area contributed by atoms with Crippen molar-refractivity contribution in [1.29, 1.82) is 0 Å². The molecular formula is C21H18ClN3O4. The Morgan fingerprint density at radius 1 is 1.14 bits per heavy atom. The number of hydrogen-bond acceptors (Lipinski definition) is 6. The van der Waals surface area contributed by atoms with Crippen LogP contribution in [-0.2, 0) is 0 Å². The first-order valence-corrected chi connectivity index (χ1v) is 9.40. The third-order valence-corrected chi connectivity index (χ3v) is 4.56. The second-order valence-electron chi connectivity index (χ2n) is 6.80. The summed E-state index contributed by atoms with van der Waals surface area (Å²) in [4.78, 5) is 12.8. The summed E-state index contributed by atoms with van der Waals surface area (Å²) in [6.07, 6.45) is 0.0753. The molecule has 8 heteroatoms. The Bertz CT molecular complexity index is 1180. The topological polar surface area (TPSA) is 90.4 Å². The molecule has 0 bridgehead atoms. The van der Waals surface area contributed by atoms with E-state index in [9.17, 15) is 4.79 Å². The fourth-order valence-corrected chi connectivity index (χ4v) is 3.17. The number of aromatic nitrogens is 2. The zero-order chi connectivity index (χ0) is 20.5. The Balaban J connectivity index is 1.59. The summed E-state index contributed by atoms with van der Waals surface area (Å²) in [5.74, 6) is 0.663. The Kier molecular flexibility index (Phi) is 4.98. The van der Waals surface area contributed by atoms with Gasteiger partial charge in [-0.3, -0.25) is 10.1 Å². The third-order valence-electron chi connectivity index (χ3n) is 4.32. The predicted molar refractivity (Wildman–Crippen MR) is 109 cm³/mol. The van der Waals surface area contributed by atoms with Crippen LogP contribution in [0.1, 0.15) is 30.0 Å². The number of fused-ring (bicyclic) bond motifs is 1. The largest absolute Gasteiger partial charge is 0.491 e. The van der Waals surface area contributed by atoms with Crippen LogP contribution in [0.5, 0.6) is 5.75 Å². The monoisotopic (exact) mass is 411 g/mol. The van der Waals surface area contributed by atoms with Crippen molar-refractivity contribution in [1.82, 2.24) is 10.3 Å². The zero-order valence-corrected chi connectivity index (χ0v) is 16.8. The molecule has 0 aliphatic heterocycles. The van der Waals surface area contributed by atoms with Gasteiger partial charge in [-0.15, -0.1) is 0 Å². The van der Waals surface area contributed by atoms with Gasteiger partial charge in [0, 0.05) is 21.5 Å². The number of carbonyl (C=O) groups is 1. The minimum Gasteiger partial charge on any atom is -0.491 e. The summed E-state index contributed by atoms with van der Waals surface area (Å²) in [6, 6.07) is 12.5. The maximum Gasteiger partial charge on any atom is 0.292 e. The Labute approximate surface area is 171 Å². The van der Waals surface area contributed by atoms with Crippen molar-refractivity contribution in [3.05, 3.63) is 58.8 Å². The van der Waals surface area contributed by atoms with Gasteiger partial charge < -0.3 is 9.15 Å². The predicted octanol–water partition coefficient (Wildman–Crippen LogP) is 5.48. The van der Waals surface area contributed by atoms with Crippen molar-refractivity contribution in [2.45, 2.75) is 26.9 Å². The number of hydrogen-bond donors (Lipinski definition) is 1. The lowest BCUT2D eigenvalue weighted by Crippen LogP contribution is -2.13. The smallest absolute Gasteiger partial charge is 0.292 e. The van der Waals surface area contributed by atoms with Crippen molar-refractivity contribution in [2.75, 3.05) is 5.32 Å². The van der Waals surface area contributed by atoms with Crippen LogP contribution in [-0.4, -0.2) is 22.3 Å². The van der Waals surface area contributed by atoms with Crippen molar-refractivity contribution < 1.29 is 18.6 Å². The SMILES string of the molecule is Cc1c(C(=O)Nc2nonc2-c2ccc(OC(C)C)cc2)oc2ccc(Cl)cc12. The first-order valence-electron chi connectivity index (χ1n) is 9.02. The zero-order valence-electron chi connectivity index (χ0n) is 16.0. The van der Waals surface area contributed by atoms with E-state index in [1.165, 1.54) is 0 Å². The molecule has 0 atom stereocenters. The highest BCUT2D eigenvalue weighted by Gasteiger charge is 2.22. The summed E-state index contributed by atoms with van der Waals surface area (Å²) < 4.78 is 16.2. The van der Waals surface area contributed by atoms with E-state index in [0.29, 0.717) is 21.9 Å². The van der Waals surface area contributed by atoms with E-state index in [1.807, 2.05) is 38.1 Å². The van der Waals surface area contributed by atoms with Gasteiger partial charge >= 0.3 is 0 Å². The third kappa shape index (κ3) is 3.82. The number of nitrogens with one attached hydrogen (secondary N) is 1. The number of amides is 1. The van der Waals surface area contributed by atoms with E-state index in [1.54, 1.807) is 25.1 Å². The van der Waals surface area contributed by atoms with Gasteiger partial charge in [-0.25, -0.2) is 4.63 Å². The van der Waals surface area contributed by atoms with E-state index in [0.717, 1.165) is 16.7 Å². The van der Waals surface area contributed by atoms with Gasteiger partial charge in [-0.1, -0.05) is 11.6 Å². The molecule has 0 saturated heterocycles. The Hall–Kier alpha value is -3.32. The maximum absolute atomic E-state index is 12.8. The number of rotatable bonds is 5. The molecule has 1 amide bonds. The van der Waals surface area contributed by atoms with Gasteiger partial charge in [0.1, 0.15) is 11.3 Å². The lowest BCUT2D eigenvalue weighted by Gasteiger charge is -2.09. The summed E-state index contributed by atoms with van der Waals surface area (Å²) in [6.45, 7) is 5.71. The quantitative estimate of drug-likeness (QED) is 0.467. The van der Waals surface area contributed by atoms with Gasteiger partial charge in [0.05, 0.1) is 6.10 Å². The van der Waals surface area contributed by atoms with E-state index >= 15 is 0 Å². The summed E-state index contributed by atoms with van der Waals surface area (Å²) in [5, 5.41) is 11.8. The van der Waals surface area contributed by atoms with Crippen LogP contribution < -0.4 is 10.1 Å². The molecule has 1 N–H and O–H groups in total. The van der Waals surface area contributed by atoms with Crippen LogP contribution in [0.2, 0.25) is 5.02 Å². The van der Waals surface area contributed by atoms with E-state index in [-0.39, 0.29) is 17.7 Å². The lowest BCUT2D eigenvalue weighted by molar-refractivity contribution is 0.0997. The van der Waals surface area contributed by atoms with Gasteiger partial charge in [0.25, 0.3) is 5.91 Å². The minimum atomic E-state index is -0.452. The highest BCUT2D eigenvalue weighted by Crippen LogP contribution is 2.30. The number of ether oxygens (including phenoxy) is 1. The molecule has 4 rings (SSSR count). The van der Waals surface area contributed by atoms with Crippen molar-refractivity contribution in [2.24, 2.45) is 0 Å². The molecule has 0 unspecified atom stereocenters. The molecule has 0 aliphatic rings. The van der Waals surface area contributed by atoms with Gasteiger partial charge in [0.2, 0.25) is 5.82 Å². The highest BCUT2D eigenvalue weighted by atomic mass is 35.5. The second-order valence-corrected chi connectivity index (χ2v) is 7.24. The molecule has 0 radical (unpaired) electrons. The van der Waals surface area contributed by atoms with Crippen LogP contribution >= 0.6 is 11.6 Å². The van der Waals surface area contributed by atoms with E-state index < -0.39 is 5.91 Å². The van der Waals surface area contributed by atoms with Crippen molar-refractivity contribution in [3.63, 3.8) is 0 Å². The molecule has 7 nitrogen and oxygen atoms in total. The molecule has 2 aromatic carbocycles. The van der Waals surface area contributed by atoms with Crippen molar-refractivity contribution in [3.8, 4) is 17.0 Å². The summed E-state index contributed by atoms with van der Waals surface area (Å²) >= 11 is 6.04. The van der Waals surface area contributed by atoms with Gasteiger partial charge in [-0.2, -0.15) is 0 Å². The van der Waals surface area contributed by atoms with Crippen molar-refractivity contribution >= 4 is 34.3 Å². The fourth-order valence-electron chi connectivity index (χ4n) is 3.00. The minimum absolute atomic E-state index is 0.0753. The molecule has 0 saturated carbocycles. The van der Waals surface area contributed by atoms with Gasteiger partial charge in [0.15, 0.2) is 11.5 Å². The Morgan fingerprint density at radius 3 is 2.62 bits per heavy atom. The van der Waals surface area contributed by atoms with Crippen LogP contribution in [0.3, 0.4) is 0 Å². The molecule has 0 fully saturated rings. The Morgan fingerprint density at radius 2 is 1.90 bits per heavy atom. The molecule has 4 aromatic rings. The number of aryl methyl sites for hydroxylation is 1. The maximum atomic E-state index is 12.8.